The lowest BCUT2D eigenvalue weighted by Gasteiger charge is -1.95. The molecule has 1 aromatic heterocycles. The van der Waals surface area contributed by atoms with Crippen molar-refractivity contribution in [3.63, 3.8) is 0 Å². The summed E-state index contributed by atoms with van der Waals surface area (Å²) in [5.41, 5.74) is 0.548. The largest absolute Gasteiger partial charge is 0.265 e. The summed E-state index contributed by atoms with van der Waals surface area (Å²) in [5.74, 6) is -0.462. The highest BCUT2D eigenvalue weighted by molar-refractivity contribution is 5.09. The third kappa shape index (κ3) is 2.61. The van der Waals surface area contributed by atoms with Crippen LogP contribution in [0.1, 0.15) is 5.56 Å². The van der Waals surface area contributed by atoms with E-state index in [4.69, 9.17) is 0 Å². The average molecular weight is 170 g/mol. The van der Waals surface area contributed by atoms with Gasteiger partial charge in [-0.25, -0.2) is 4.39 Å². The Hall–Kier alpha value is -1.52. The number of nitro groups is 1. The molecule has 5 heteroatoms. The van der Waals surface area contributed by atoms with Crippen molar-refractivity contribution in [3.05, 3.63) is 40.0 Å². The van der Waals surface area contributed by atoms with E-state index in [0.29, 0.717) is 5.56 Å². The van der Waals surface area contributed by atoms with Crippen molar-refractivity contribution in [2.24, 2.45) is 0 Å². The zero-order valence-electron chi connectivity index (χ0n) is 6.24. The second-order valence-corrected chi connectivity index (χ2v) is 2.32. The molecule has 0 aliphatic carbocycles. The maximum absolute atomic E-state index is 12.5. The second kappa shape index (κ2) is 3.75. The lowest BCUT2D eigenvalue weighted by atomic mass is 10.2. The number of pyridine rings is 1. The molecule has 0 bridgehead atoms. The van der Waals surface area contributed by atoms with Gasteiger partial charge in [-0.1, -0.05) is 0 Å². The van der Waals surface area contributed by atoms with Crippen LogP contribution in [-0.4, -0.2) is 16.5 Å². The third-order valence-corrected chi connectivity index (χ3v) is 1.34. The molecule has 12 heavy (non-hydrogen) atoms. The van der Waals surface area contributed by atoms with Gasteiger partial charge >= 0.3 is 0 Å². The third-order valence-electron chi connectivity index (χ3n) is 1.34. The molecule has 0 radical (unpaired) electrons. The Morgan fingerprint density at radius 3 is 2.92 bits per heavy atom. The summed E-state index contributed by atoms with van der Waals surface area (Å²) in [6, 6.07) is 1.25. The molecular formula is C7H7FN2O2. The molecule has 0 atom stereocenters. The molecule has 1 aromatic rings. The predicted octanol–water partition coefficient (Wildman–Crippen LogP) is 1.04. The minimum atomic E-state index is -0.462. The zero-order valence-corrected chi connectivity index (χ0v) is 6.24. The molecule has 0 aliphatic rings. The Morgan fingerprint density at radius 2 is 2.33 bits per heavy atom. The van der Waals surface area contributed by atoms with E-state index in [9.17, 15) is 14.5 Å². The van der Waals surface area contributed by atoms with Crippen LogP contribution < -0.4 is 0 Å². The van der Waals surface area contributed by atoms with Gasteiger partial charge in [-0.05, 0) is 11.6 Å². The van der Waals surface area contributed by atoms with E-state index in [0.717, 1.165) is 6.20 Å². The molecule has 1 rings (SSSR count). The predicted molar refractivity (Wildman–Crippen MR) is 39.8 cm³/mol. The Balaban J connectivity index is 2.57. The first-order valence-corrected chi connectivity index (χ1v) is 3.40. The van der Waals surface area contributed by atoms with E-state index >= 15 is 0 Å². The van der Waals surface area contributed by atoms with Crippen LogP contribution in [0.4, 0.5) is 4.39 Å². The maximum Gasteiger partial charge on any atom is 0.207 e. The van der Waals surface area contributed by atoms with Gasteiger partial charge in [0.05, 0.1) is 6.20 Å². The van der Waals surface area contributed by atoms with E-state index in [1.54, 1.807) is 0 Å². The van der Waals surface area contributed by atoms with Gasteiger partial charge in [-0.15, -0.1) is 0 Å². The fraction of sp³-hybridized carbons (Fsp3) is 0.286. The minimum Gasteiger partial charge on any atom is -0.265 e. The van der Waals surface area contributed by atoms with Gasteiger partial charge in [0.1, 0.15) is 5.82 Å². The molecule has 4 nitrogen and oxygen atoms in total. The molecule has 0 unspecified atom stereocenters. The van der Waals surface area contributed by atoms with Crippen LogP contribution in [0.5, 0.6) is 0 Å². The summed E-state index contributed by atoms with van der Waals surface area (Å²) in [4.78, 5) is 13.1. The van der Waals surface area contributed by atoms with Gasteiger partial charge in [0.2, 0.25) is 6.54 Å². The van der Waals surface area contributed by atoms with Crippen molar-refractivity contribution in [1.29, 1.82) is 0 Å². The van der Waals surface area contributed by atoms with Gasteiger partial charge in [-0.2, -0.15) is 0 Å². The minimum absolute atomic E-state index is 0.189. The van der Waals surface area contributed by atoms with Crippen LogP contribution in [-0.2, 0) is 6.42 Å². The van der Waals surface area contributed by atoms with Crippen LogP contribution in [0.3, 0.4) is 0 Å². The van der Waals surface area contributed by atoms with Gasteiger partial charge in [0, 0.05) is 17.5 Å². The summed E-state index contributed by atoms with van der Waals surface area (Å²) >= 11 is 0. The van der Waals surface area contributed by atoms with Crippen LogP contribution in [0.25, 0.3) is 0 Å². The Labute approximate surface area is 68.2 Å². The van der Waals surface area contributed by atoms with Gasteiger partial charge in [0.25, 0.3) is 0 Å². The highest BCUT2D eigenvalue weighted by Gasteiger charge is 2.00. The normalized spacial score (nSPS) is 9.75. The Bertz CT molecular complexity index is 290. The van der Waals surface area contributed by atoms with Crippen molar-refractivity contribution in [3.8, 4) is 0 Å². The number of halogens is 1. The SMILES string of the molecule is O=[N+]([O-])CCc1cncc(F)c1. The fourth-order valence-corrected chi connectivity index (χ4v) is 0.813. The Morgan fingerprint density at radius 1 is 1.58 bits per heavy atom. The first-order valence-electron chi connectivity index (χ1n) is 3.40. The van der Waals surface area contributed by atoms with E-state index in [1.807, 2.05) is 0 Å². The fourth-order valence-electron chi connectivity index (χ4n) is 0.813. The second-order valence-electron chi connectivity index (χ2n) is 2.32. The molecule has 0 saturated carbocycles. The first-order chi connectivity index (χ1) is 5.68. The number of nitrogens with zero attached hydrogens (tertiary/aromatic N) is 2. The van der Waals surface area contributed by atoms with Crippen molar-refractivity contribution in [1.82, 2.24) is 4.98 Å². The molecule has 1 heterocycles. The molecule has 64 valence electrons. The highest BCUT2D eigenvalue weighted by Crippen LogP contribution is 2.01. The molecule has 0 saturated heterocycles. The average Bonchev–Trinajstić information content (AvgIpc) is 2.01. The Kier molecular flexibility index (Phi) is 2.68. The van der Waals surface area contributed by atoms with Gasteiger partial charge < -0.3 is 0 Å². The lowest BCUT2D eigenvalue weighted by Crippen LogP contribution is -2.04. The van der Waals surface area contributed by atoms with Crippen molar-refractivity contribution < 1.29 is 9.31 Å². The molecule has 0 N–H and O–H groups in total. The molecule has 0 fully saturated rings. The van der Waals surface area contributed by atoms with Gasteiger partial charge in [0.15, 0.2) is 0 Å². The number of hydrogen-bond donors (Lipinski definition) is 0. The van der Waals surface area contributed by atoms with E-state index in [1.165, 1.54) is 12.3 Å². The van der Waals surface area contributed by atoms with Crippen molar-refractivity contribution >= 4 is 0 Å². The molecular weight excluding hydrogens is 163 g/mol. The first kappa shape index (κ1) is 8.58. The lowest BCUT2D eigenvalue weighted by molar-refractivity contribution is -0.479. The number of aromatic nitrogens is 1. The summed E-state index contributed by atoms with van der Waals surface area (Å²) in [6.07, 6.45) is 2.71. The van der Waals surface area contributed by atoms with Crippen molar-refractivity contribution in [2.75, 3.05) is 6.54 Å². The number of hydrogen-bond acceptors (Lipinski definition) is 3. The van der Waals surface area contributed by atoms with Gasteiger partial charge in [-0.3, -0.25) is 15.1 Å². The standard InChI is InChI=1S/C7H7FN2O2/c8-7-3-6(4-9-5-7)1-2-10(11)12/h3-5H,1-2H2. The summed E-state index contributed by atoms with van der Waals surface area (Å²) in [6.45, 7) is -0.189. The van der Waals surface area contributed by atoms with Crippen LogP contribution >= 0.6 is 0 Å². The van der Waals surface area contributed by atoms with Crippen LogP contribution in [0.2, 0.25) is 0 Å². The van der Waals surface area contributed by atoms with Crippen LogP contribution in [0.15, 0.2) is 18.5 Å². The van der Waals surface area contributed by atoms with Crippen molar-refractivity contribution in [2.45, 2.75) is 6.42 Å². The smallest absolute Gasteiger partial charge is 0.207 e. The highest BCUT2D eigenvalue weighted by atomic mass is 19.1. The summed E-state index contributed by atoms with van der Waals surface area (Å²) in [5, 5.41) is 9.95. The van der Waals surface area contributed by atoms with E-state index in [2.05, 4.69) is 4.98 Å². The monoisotopic (exact) mass is 170 g/mol. The van der Waals surface area contributed by atoms with E-state index < -0.39 is 10.7 Å². The quantitative estimate of drug-likeness (QED) is 0.503. The molecule has 0 aliphatic heterocycles. The topological polar surface area (TPSA) is 56.0 Å². The number of rotatable bonds is 3. The summed E-state index contributed by atoms with van der Waals surface area (Å²) < 4.78 is 12.5. The zero-order chi connectivity index (χ0) is 8.97. The van der Waals surface area contributed by atoms with Crippen LogP contribution in [0, 0.1) is 15.9 Å². The van der Waals surface area contributed by atoms with E-state index in [-0.39, 0.29) is 13.0 Å². The summed E-state index contributed by atoms with van der Waals surface area (Å²) in [7, 11) is 0. The maximum atomic E-state index is 12.5. The molecule has 0 aromatic carbocycles. The molecule has 0 amide bonds. The molecule has 0 spiro atoms.